The molecule has 0 unspecified atom stereocenters. The Morgan fingerprint density at radius 1 is 1.34 bits per heavy atom. The van der Waals surface area contributed by atoms with Crippen LogP contribution in [0.2, 0.25) is 0 Å². The number of pyridine rings is 1. The third-order valence-corrected chi connectivity index (χ3v) is 7.32. The summed E-state index contributed by atoms with van der Waals surface area (Å²) in [7, 11) is 0. The van der Waals surface area contributed by atoms with E-state index in [1.807, 2.05) is 17.3 Å². The van der Waals surface area contributed by atoms with Gasteiger partial charge in [0.05, 0.1) is 34.9 Å². The van der Waals surface area contributed by atoms with Crippen LogP contribution in [0.4, 0.5) is 15.6 Å². The number of carbonyl (C=O) groups excluding carboxylic acids is 1. The van der Waals surface area contributed by atoms with Gasteiger partial charge < -0.3 is 15.5 Å². The molecule has 1 saturated heterocycles. The number of thiazole rings is 1. The molecular formula is C22H29N6O2S2+. The highest BCUT2D eigenvalue weighted by Crippen LogP contribution is 2.32. The standard InChI is InChI=1S/C22H28N6O2S2/c1-22(2,3)17-11-24-18(30-17)14-31-19-12-25-20(32-19)26-16-5-4-8-28(13-16)21(29)27-9-6-15(23)7-10-27/h6-7,9-12,16,23H,4-5,8,13-14H2,1-3H3,(H,25,26)/p+1/t16-/m0/s1. The van der Waals surface area contributed by atoms with Crippen molar-refractivity contribution in [2.45, 2.75) is 55.0 Å². The molecule has 32 heavy (non-hydrogen) atoms. The van der Waals surface area contributed by atoms with Crippen molar-refractivity contribution in [3.63, 3.8) is 0 Å². The van der Waals surface area contributed by atoms with E-state index in [4.69, 9.17) is 10.2 Å². The fourth-order valence-electron chi connectivity index (χ4n) is 3.42. The Bertz CT molecular complexity index is 1060. The molecule has 0 spiro atoms. The monoisotopic (exact) mass is 473 g/mol. The number of hydrogen-bond donors (Lipinski definition) is 2. The molecule has 0 bridgehead atoms. The van der Waals surface area contributed by atoms with E-state index in [1.165, 1.54) is 0 Å². The molecule has 1 atom stereocenters. The molecule has 0 saturated carbocycles. The SMILES string of the molecule is CC(C)(C)c1cnc(CSc2cnc(N[C@H]3CCCN(C(=O)[n+]4ccc(N)cc4)C3)s2)o1. The van der Waals surface area contributed by atoms with E-state index in [2.05, 4.69) is 36.1 Å². The van der Waals surface area contributed by atoms with E-state index in [1.54, 1.807) is 52.2 Å². The number of aromatic nitrogens is 3. The first-order chi connectivity index (χ1) is 15.3. The molecular weight excluding hydrogens is 444 g/mol. The summed E-state index contributed by atoms with van der Waals surface area (Å²) in [6.07, 6.45) is 9.06. The summed E-state index contributed by atoms with van der Waals surface area (Å²) < 4.78 is 8.54. The lowest BCUT2D eigenvalue weighted by Crippen LogP contribution is -2.56. The fraction of sp³-hybridized carbons (Fsp3) is 0.455. The first kappa shape index (κ1) is 22.6. The van der Waals surface area contributed by atoms with E-state index in [0.29, 0.717) is 18.0 Å². The average Bonchev–Trinajstić information content (AvgIpc) is 3.42. The number of nitrogens with two attached hydrogens (primary N) is 1. The van der Waals surface area contributed by atoms with Gasteiger partial charge >= 0.3 is 6.03 Å². The predicted octanol–water partition coefficient (Wildman–Crippen LogP) is 4.14. The van der Waals surface area contributed by atoms with Crippen LogP contribution in [0.1, 0.15) is 45.3 Å². The van der Waals surface area contributed by atoms with E-state index in [0.717, 1.165) is 40.4 Å². The Hall–Kier alpha value is -2.59. The van der Waals surface area contributed by atoms with Crippen LogP contribution in [0.15, 0.2) is 45.5 Å². The average molecular weight is 474 g/mol. The number of hydrogen-bond acceptors (Lipinski definition) is 8. The highest BCUT2D eigenvalue weighted by molar-refractivity contribution is 8.00. The first-order valence-corrected chi connectivity index (χ1v) is 12.4. The summed E-state index contributed by atoms with van der Waals surface area (Å²) >= 11 is 3.28. The van der Waals surface area contributed by atoms with Gasteiger partial charge in [0.25, 0.3) is 0 Å². The van der Waals surface area contributed by atoms with Gasteiger partial charge in [-0.25, -0.2) is 14.9 Å². The molecule has 10 heteroatoms. The molecule has 8 nitrogen and oxygen atoms in total. The number of likely N-dealkylation sites (tertiary alicyclic amines) is 1. The van der Waals surface area contributed by atoms with Crippen LogP contribution in [-0.4, -0.2) is 40.0 Å². The summed E-state index contributed by atoms with van der Waals surface area (Å²) in [5.41, 5.74) is 6.32. The second-order valence-electron chi connectivity index (χ2n) is 8.89. The van der Waals surface area contributed by atoms with Gasteiger partial charge in [-0.2, -0.15) is 9.36 Å². The van der Waals surface area contributed by atoms with Gasteiger partial charge in [-0.05, 0) is 12.8 Å². The number of rotatable bonds is 5. The summed E-state index contributed by atoms with van der Waals surface area (Å²) in [5, 5.41) is 4.37. The van der Waals surface area contributed by atoms with Crippen LogP contribution >= 0.6 is 23.1 Å². The predicted molar refractivity (Wildman–Crippen MR) is 127 cm³/mol. The summed E-state index contributed by atoms with van der Waals surface area (Å²) in [4.78, 5) is 23.6. The first-order valence-electron chi connectivity index (χ1n) is 10.6. The maximum Gasteiger partial charge on any atom is 0.497 e. The van der Waals surface area contributed by atoms with Crippen molar-refractivity contribution in [2.24, 2.45) is 0 Å². The Morgan fingerprint density at radius 2 is 2.12 bits per heavy atom. The Morgan fingerprint density at radius 3 is 2.84 bits per heavy atom. The molecule has 4 heterocycles. The van der Waals surface area contributed by atoms with Gasteiger partial charge in [0.1, 0.15) is 24.7 Å². The minimum Gasteiger partial charge on any atom is -0.444 e. The van der Waals surface area contributed by atoms with Crippen molar-refractivity contribution < 1.29 is 13.8 Å². The van der Waals surface area contributed by atoms with Crippen LogP contribution in [-0.2, 0) is 11.2 Å². The Kier molecular flexibility index (Phi) is 6.71. The lowest BCUT2D eigenvalue weighted by atomic mass is 9.94. The molecule has 1 amide bonds. The molecule has 3 N–H and O–H groups in total. The molecule has 170 valence electrons. The zero-order valence-corrected chi connectivity index (χ0v) is 20.2. The molecule has 1 fully saturated rings. The van der Waals surface area contributed by atoms with Crippen molar-refractivity contribution in [3.8, 4) is 0 Å². The van der Waals surface area contributed by atoms with E-state index in [9.17, 15) is 4.79 Å². The summed E-state index contributed by atoms with van der Waals surface area (Å²) in [5.74, 6) is 2.29. The smallest absolute Gasteiger partial charge is 0.444 e. The molecule has 0 aliphatic carbocycles. The van der Waals surface area contributed by atoms with E-state index in [-0.39, 0.29) is 17.5 Å². The van der Waals surface area contributed by atoms with Gasteiger partial charge in [0, 0.05) is 23.2 Å². The lowest BCUT2D eigenvalue weighted by molar-refractivity contribution is -0.578. The van der Waals surface area contributed by atoms with Gasteiger partial charge in [0.15, 0.2) is 5.13 Å². The quantitative estimate of drug-likeness (QED) is 0.424. The van der Waals surface area contributed by atoms with Crippen molar-refractivity contribution >= 4 is 39.9 Å². The fourth-order valence-corrected chi connectivity index (χ4v) is 5.22. The number of oxazole rings is 1. The van der Waals surface area contributed by atoms with Crippen LogP contribution in [0.25, 0.3) is 0 Å². The third kappa shape index (κ3) is 5.60. The number of nitrogen functional groups attached to an aromatic ring is 1. The second-order valence-corrected chi connectivity index (χ2v) is 11.2. The molecule has 0 aromatic carbocycles. The van der Waals surface area contributed by atoms with Gasteiger partial charge in [0.2, 0.25) is 5.89 Å². The number of carbonyl (C=O) groups is 1. The topological polar surface area (TPSA) is 101 Å². The molecule has 3 aromatic rings. The maximum absolute atomic E-state index is 12.8. The normalized spacial score (nSPS) is 16.8. The number of anilines is 2. The van der Waals surface area contributed by atoms with Crippen molar-refractivity contribution in [1.82, 2.24) is 14.9 Å². The molecule has 3 aromatic heterocycles. The van der Waals surface area contributed by atoms with Crippen molar-refractivity contribution in [1.29, 1.82) is 0 Å². The molecule has 4 rings (SSSR count). The number of nitrogens with zero attached hydrogens (tertiary/aromatic N) is 4. The zero-order valence-electron chi connectivity index (χ0n) is 18.6. The molecule has 1 aliphatic heterocycles. The van der Waals surface area contributed by atoms with E-state index < -0.39 is 0 Å². The second kappa shape index (κ2) is 9.50. The van der Waals surface area contributed by atoms with Crippen LogP contribution in [0.3, 0.4) is 0 Å². The number of thioether (sulfide) groups is 1. The summed E-state index contributed by atoms with van der Waals surface area (Å²) in [6.45, 7) is 7.73. The maximum atomic E-state index is 12.8. The molecule has 0 radical (unpaired) electrons. The van der Waals surface area contributed by atoms with Gasteiger partial charge in [-0.3, -0.25) is 0 Å². The van der Waals surface area contributed by atoms with Crippen molar-refractivity contribution in [2.75, 3.05) is 24.1 Å². The minimum absolute atomic E-state index is 0.0348. The Labute approximate surface area is 196 Å². The van der Waals surface area contributed by atoms with Gasteiger partial charge in [-0.1, -0.05) is 32.1 Å². The summed E-state index contributed by atoms with van der Waals surface area (Å²) in [6, 6.07) is 3.60. The number of amides is 1. The molecule has 1 aliphatic rings. The van der Waals surface area contributed by atoms with Gasteiger partial charge in [-0.15, -0.1) is 11.8 Å². The lowest BCUT2D eigenvalue weighted by Gasteiger charge is -2.27. The third-order valence-electron chi connectivity index (χ3n) is 5.21. The highest BCUT2D eigenvalue weighted by atomic mass is 32.2. The number of piperidine rings is 1. The largest absolute Gasteiger partial charge is 0.497 e. The van der Waals surface area contributed by atoms with Crippen LogP contribution in [0.5, 0.6) is 0 Å². The Balaban J connectivity index is 1.30. The van der Waals surface area contributed by atoms with Crippen LogP contribution < -0.4 is 15.6 Å². The van der Waals surface area contributed by atoms with Crippen molar-refractivity contribution in [3.05, 3.63) is 48.6 Å². The minimum atomic E-state index is -0.0425. The van der Waals surface area contributed by atoms with Crippen LogP contribution in [0, 0.1) is 0 Å². The van der Waals surface area contributed by atoms with E-state index >= 15 is 0 Å². The number of nitrogens with one attached hydrogen (secondary N) is 1. The highest BCUT2D eigenvalue weighted by Gasteiger charge is 2.31. The zero-order chi connectivity index (χ0) is 22.7.